The predicted molar refractivity (Wildman–Crippen MR) is 85.0 cm³/mol. The molecular formula is C19H20. The summed E-state index contributed by atoms with van der Waals surface area (Å²) in [4.78, 5) is 0. The number of benzene rings is 3. The van der Waals surface area contributed by atoms with Crippen molar-refractivity contribution >= 4 is 21.5 Å². The molecule has 0 aliphatic carbocycles. The number of hydrogen-bond acceptors (Lipinski definition) is 0. The third kappa shape index (κ3) is 1.74. The quantitative estimate of drug-likeness (QED) is 0.500. The molecule has 0 N–H and O–H groups in total. The average Bonchev–Trinajstić information content (AvgIpc) is 2.43. The molecule has 0 atom stereocenters. The Hall–Kier alpha value is -1.82. The monoisotopic (exact) mass is 248 g/mol. The van der Waals surface area contributed by atoms with Crippen LogP contribution in [0.2, 0.25) is 0 Å². The standard InChI is InChI=1S/C19H20/c1-5-15-8-7-13(3)17-11-10-16-9-6-12(2)14(4)18(16)19(15)17/h6-11H,5H2,1-4H3. The number of aryl methyl sites for hydroxylation is 4. The van der Waals surface area contributed by atoms with Crippen molar-refractivity contribution in [2.75, 3.05) is 0 Å². The van der Waals surface area contributed by atoms with E-state index >= 15 is 0 Å². The van der Waals surface area contributed by atoms with E-state index in [0.29, 0.717) is 0 Å². The van der Waals surface area contributed by atoms with Crippen LogP contribution in [-0.4, -0.2) is 0 Å². The van der Waals surface area contributed by atoms with Crippen molar-refractivity contribution < 1.29 is 0 Å². The van der Waals surface area contributed by atoms with Gasteiger partial charge in [0.1, 0.15) is 0 Å². The second kappa shape index (κ2) is 4.38. The van der Waals surface area contributed by atoms with Crippen molar-refractivity contribution in [1.29, 1.82) is 0 Å². The van der Waals surface area contributed by atoms with Crippen LogP contribution in [0.5, 0.6) is 0 Å². The van der Waals surface area contributed by atoms with Gasteiger partial charge in [-0.1, -0.05) is 43.3 Å². The normalized spacial score (nSPS) is 11.4. The lowest BCUT2D eigenvalue weighted by molar-refractivity contribution is 1.16. The molecule has 0 amide bonds. The summed E-state index contributed by atoms with van der Waals surface area (Å²) >= 11 is 0. The molecule has 3 rings (SSSR count). The lowest BCUT2D eigenvalue weighted by atomic mass is 9.90. The van der Waals surface area contributed by atoms with Crippen LogP contribution in [0.15, 0.2) is 36.4 Å². The molecule has 0 heterocycles. The Bertz CT molecular complexity index is 779. The van der Waals surface area contributed by atoms with E-state index in [1.165, 1.54) is 43.8 Å². The molecule has 3 aromatic carbocycles. The third-order valence-corrected chi connectivity index (χ3v) is 4.38. The Balaban J connectivity index is 2.65. The zero-order valence-electron chi connectivity index (χ0n) is 12.2. The molecule has 96 valence electrons. The first-order valence-corrected chi connectivity index (χ1v) is 7.04. The van der Waals surface area contributed by atoms with Crippen molar-refractivity contribution in [1.82, 2.24) is 0 Å². The first-order chi connectivity index (χ1) is 9.13. The highest BCUT2D eigenvalue weighted by atomic mass is 14.1. The van der Waals surface area contributed by atoms with E-state index in [1.807, 2.05) is 0 Å². The Morgan fingerprint density at radius 3 is 2.16 bits per heavy atom. The molecule has 0 unspecified atom stereocenters. The smallest absolute Gasteiger partial charge is 0.00680 e. The molecule has 0 radical (unpaired) electrons. The van der Waals surface area contributed by atoms with Crippen LogP contribution in [0.1, 0.15) is 29.2 Å². The molecule has 0 nitrogen and oxygen atoms in total. The maximum absolute atomic E-state index is 2.29. The molecule has 0 aliphatic rings. The van der Waals surface area contributed by atoms with E-state index in [1.54, 1.807) is 0 Å². The van der Waals surface area contributed by atoms with Gasteiger partial charge in [-0.25, -0.2) is 0 Å². The van der Waals surface area contributed by atoms with Gasteiger partial charge in [0.25, 0.3) is 0 Å². The molecule has 0 saturated heterocycles. The molecule has 3 aromatic rings. The summed E-state index contributed by atoms with van der Waals surface area (Å²) in [7, 11) is 0. The van der Waals surface area contributed by atoms with Gasteiger partial charge in [-0.05, 0) is 71.0 Å². The maximum Gasteiger partial charge on any atom is -0.00680 e. The summed E-state index contributed by atoms with van der Waals surface area (Å²) in [5.74, 6) is 0. The van der Waals surface area contributed by atoms with E-state index in [4.69, 9.17) is 0 Å². The van der Waals surface area contributed by atoms with E-state index in [0.717, 1.165) is 6.42 Å². The number of fused-ring (bicyclic) bond motifs is 3. The minimum absolute atomic E-state index is 1.09. The maximum atomic E-state index is 2.29. The van der Waals surface area contributed by atoms with Gasteiger partial charge >= 0.3 is 0 Å². The fourth-order valence-corrected chi connectivity index (χ4v) is 3.05. The first kappa shape index (κ1) is 12.2. The minimum Gasteiger partial charge on any atom is -0.0613 e. The van der Waals surface area contributed by atoms with Gasteiger partial charge in [0.2, 0.25) is 0 Å². The van der Waals surface area contributed by atoms with Gasteiger partial charge in [-0.3, -0.25) is 0 Å². The van der Waals surface area contributed by atoms with Crippen LogP contribution >= 0.6 is 0 Å². The van der Waals surface area contributed by atoms with Gasteiger partial charge in [0, 0.05) is 0 Å². The summed E-state index contributed by atoms with van der Waals surface area (Å²) < 4.78 is 0. The second-order valence-corrected chi connectivity index (χ2v) is 5.49. The lowest BCUT2D eigenvalue weighted by Gasteiger charge is -2.14. The topological polar surface area (TPSA) is 0 Å². The lowest BCUT2D eigenvalue weighted by Crippen LogP contribution is -1.91. The molecule has 0 aliphatic heterocycles. The predicted octanol–water partition coefficient (Wildman–Crippen LogP) is 5.48. The summed E-state index contributed by atoms with van der Waals surface area (Å²) in [6.45, 7) is 8.90. The molecular weight excluding hydrogens is 228 g/mol. The fourth-order valence-electron chi connectivity index (χ4n) is 3.05. The molecule has 19 heavy (non-hydrogen) atoms. The van der Waals surface area contributed by atoms with E-state index < -0.39 is 0 Å². The van der Waals surface area contributed by atoms with Crippen molar-refractivity contribution in [3.8, 4) is 0 Å². The molecule has 0 fully saturated rings. The highest BCUT2D eigenvalue weighted by Gasteiger charge is 2.09. The molecule has 0 aromatic heterocycles. The Labute approximate surface area is 115 Å². The second-order valence-electron chi connectivity index (χ2n) is 5.49. The Morgan fingerprint density at radius 1 is 0.737 bits per heavy atom. The van der Waals surface area contributed by atoms with E-state index in [2.05, 4.69) is 64.1 Å². The van der Waals surface area contributed by atoms with E-state index in [-0.39, 0.29) is 0 Å². The summed E-state index contributed by atoms with van der Waals surface area (Å²) in [6.07, 6.45) is 1.09. The van der Waals surface area contributed by atoms with Gasteiger partial charge in [0.05, 0.1) is 0 Å². The number of rotatable bonds is 1. The average molecular weight is 248 g/mol. The molecule has 0 spiro atoms. The Kier molecular flexibility index (Phi) is 2.82. The van der Waals surface area contributed by atoms with Crippen molar-refractivity contribution in [2.24, 2.45) is 0 Å². The van der Waals surface area contributed by atoms with Crippen molar-refractivity contribution in [3.63, 3.8) is 0 Å². The van der Waals surface area contributed by atoms with Gasteiger partial charge in [-0.15, -0.1) is 0 Å². The SMILES string of the molecule is CCc1ccc(C)c2ccc3ccc(C)c(C)c3c12. The summed E-state index contributed by atoms with van der Waals surface area (Å²) in [5, 5.41) is 5.66. The summed E-state index contributed by atoms with van der Waals surface area (Å²) in [5.41, 5.74) is 5.63. The molecule has 0 bridgehead atoms. The van der Waals surface area contributed by atoms with Gasteiger partial charge < -0.3 is 0 Å². The first-order valence-electron chi connectivity index (χ1n) is 7.04. The minimum atomic E-state index is 1.09. The third-order valence-electron chi connectivity index (χ3n) is 4.38. The van der Waals surface area contributed by atoms with Crippen molar-refractivity contribution in [2.45, 2.75) is 34.1 Å². The highest BCUT2D eigenvalue weighted by molar-refractivity contribution is 6.11. The largest absolute Gasteiger partial charge is 0.0613 e. The zero-order valence-corrected chi connectivity index (χ0v) is 12.2. The summed E-state index contributed by atoms with van der Waals surface area (Å²) in [6, 6.07) is 13.6. The highest BCUT2D eigenvalue weighted by Crippen LogP contribution is 2.33. The van der Waals surface area contributed by atoms with E-state index in [9.17, 15) is 0 Å². The van der Waals surface area contributed by atoms with Crippen LogP contribution < -0.4 is 0 Å². The van der Waals surface area contributed by atoms with Crippen LogP contribution in [0, 0.1) is 20.8 Å². The Morgan fingerprint density at radius 2 is 1.42 bits per heavy atom. The zero-order chi connectivity index (χ0) is 13.6. The molecule has 0 saturated carbocycles. The number of hydrogen-bond donors (Lipinski definition) is 0. The molecule has 0 heteroatoms. The van der Waals surface area contributed by atoms with Crippen molar-refractivity contribution in [3.05, 3.63) is 58.7 Å². The van der Waals surface area contributed by atoms with Crippen LogP contribution in [0.3, 0.4) is 0 Å². The van der Waals surface area contributed by atoms with Crippen LogP contribution in [-0.2, 0) is 6.42 Å². The van der Waals surface area contributed by atoms with Crippen LogP contribution in [0.4, 0.5) is 0 Å². The van der Waals surface area contributed by atoms with Gasteiger partial charge in [0.15, 0.2) is 0 Å². The van der Waals surface area contributed by atoms with Gasteiger partial charge in [-0.2, -0.15) is 0 Å². The van der Waals surface area contributed by atoms with Crippen LogP contribution in [0.25, 0.3) is 21.5 Å². The fraction of sp³-hybridized carbons (Fsp3) is 0.263.